The zero-order chi connectivity index (χ0) is 15.2. The third kappa shape index (κ3) is 4.59. The number of nitrogens with one attached hydrogen (secondary N) is 1. The van der Waals surface area contributed by atoms with E-state index in [4.69, 9.17) is 4.42 Å². The van der Waals surface area contributed by atoms with Crippen LogP contribution in [-0.2, 0) is 6.54 Å². The second-order valence-corrected chi connectivity index (χ2v) is 6.15. The van der Waals surface area contributed by atoms with Gasteiger partial charge in [-0.2, -0.15) is 5.26 Å². The van der Waals surface area contributed by atoms with Crippen LogP contribution in [0.5, 0.6) is 0 Å². The molecule has 0 aliphatic heterocycles. The highest BCUT2D eigenvalue weighted by molar-refractivity contribution is 7.99. The van der Waals surface area contributed by atoms with E-state index >= 15 is 0 Å². The Labute approximate surface area is 128 Å². The van der Waals surface area contributed by atoms with Gasteiger partial charge in [0.05, 0.1) is 5.56 Å². The van der Waals surface area contributed by atoms with Crippen molar-refractivity contribution in [2.24, 2.45) is 5.92 Å². The smallest absolute Gasteiger partial charge is 0.281 e. The molecule has 5 nitrogen and oxygen atoms in total. The molecule has 0 saturated heterocycles. The maximum absolute atomic E-state index is 9.29. The fourth-order valence-corrected chi connectivity index (χ4v) is 2.57. The summed E-state index contributed by atoms with van der Waals surface area (Å²) in [6.07, 6.45) is 0. The average molecular weight is 302 g/mol. The van der Waals surface area contributed by atoms with Crippen LogP contribution in [0.1, 0.15) is 30.9 Å². The molecule has 0 saturated carbocycles. The minimum absolute atomic E-state index is 0.453. The number of aryl methyl sites for hydroxylation is 1. The Morgan fingerprint density at radius 1 is 1.38 bits per heavy atom. The van der Waals surface area contributed by atoms with E-state index in [1.54, 1.807) is 6.92 Å². The number of benzene rings is 1. The van der Waals surface area contributed by atoms with E-state index < -0.39 is 0 Å². The first kappa shape index (κ1) is 15.5. The molecule has 110 valence electrons. The first-order chi connectivity index (χ1) is 10.1. The molecule has 2 rings (SSSR count). The van der Waals surface area contributed by atoms with Crippen molar-refractivity contribution in [2.75, 3.05) is 6.54 Å². The summed E-state index contributed by atoms with van der Waals surface area (Å²) >= 11 is 1.31. The third-order valence-electron chi connectivity index (χ3n) is 2.75. The van der Waals surface area contributed by atoms with Crippen molar-refractivity contribution in [1.29, 1.82) is 5.26 Å². The molecule has 0 radical (unpaired) electrons. The van der Waals surface area contributed by atoms with Crippen LogP contribution in [0.2, 0.25) is 0 Å². The highest BCUT2D eigenvalue weighted by Gasteiger charge is 2.10. The maximum Gasteiger partial charge on any atom is 0.281 e. The van der Waals surface area contributed by atoms with Gasteiger partial charge in [0.2, 0.25) is 5.89 Å². The summed E-state index contributed by atoms with van der Waals surface area (Å²) in [5.74, 6) is 1.13. The minimum Gasteiger partial charge on any atom is -0.416 e. The van der Waals surface area contributed by atoms with Gasteiger partial charge in [0.25, 0.3) is 5.22 Å². The molecule has 0 bridgehead atoms. The van der Waals surface area contributed by atoms with Gasteiger partial charge < -0.3 is 9.73 Å². The van der Waals surface area contributed by atoms with Gasteiger partial charge in [-0.3, -0.25) is 0 Å². The number of hydrogen-bond acceptors (Lipinski definition) is 6. The first-order valence-electron chi connectivity index (χ1n) is 6.80. The van der Waals surface area contributed by atoms with Crippen molar-refractivity contribution in [3.8, 4) is 6.07 Å². The number of hydrogen-bond donors (Lipinski definition) is 1. The summed E-state index contributed by atoms with van der Waals surface area (Å²) in [6, 6.07) is 8.06. The van der Waals surface area contributed by atoms with E-state index in [2.05, 4.69) is 35.4 Å². The number of nitriles is 1. The lowest BCUT2D eigenvalue weighted by atomic mass is 10.1. The first-order valence-corrected chi connectivity index (χ1v) is 7.62. The fraction of sp³-hybridized carbons (Fsp3) is 0.400. The van der Waals surface area contributed by atoms with E-state index in [-0.39, 0.29) is 0 Å². The molecule has 1 aromatic carbocycles. The Morgan fingerprint density at radius 2 is 2.19 bits per heavy atom. The fourth-order valence-electron chi connectivity index (χ4n) is 1.78. The zero-order valence-corrected chi connectivity index (χ0v) is 13.2. The molecule has 1 N–H and O–H groups in total. The molecule has 0 amide bonds. The number of aromatic nitrogens is 2. The summed E-state index contributed by atoms with van der Waals surface area (Å²) in [7, 11) is 0. The van der Waals surface area contributed by atoms with E-state index in [9.17, 15) is 5.26 Å². The predicted octanol–water partition coefficient (Wildman–Crippen LogP) is 3.15. The molecular formula is C15H18N4OS. The quantitative estimate of drug-likeness (QED) is 0.883. The van der Waals surface area contributed by atoms with Crippen molar-refractivity contribution < 1.29 is 4.42 Å². The largest absolute Gasteiger partial charge is 0.416 e. The van der Waals surface area contributed by atoms with Crippen LogP contribution in [0, 0.1) is 24.2 Å². The Kier molecular flexibility index (Phi) is 5.37. The van der Waals surface area contributed by atoms with Crippen LogP contribution in [0.15, 0.2) is 32.7 Å². The van der Waals surface area contributed by atoms with Crippen LogP contribution in [-0.4, -0.2) is 16.7 Å². The molecule has 0 spiro atoms. The lowest BCUT2D eigenvalue weighted by Crippen LogP contribution is -2.18. The molecule has 2 aromatic rings. The second-order valence-electron chi connectivity index (χ2n) is 5.16. The van der Waals surface area contributed by atoms with Crippen LogP contribution in [0.25, 0.3) is 0 Å². The number of rotatable bonds is 6. The van der Waals surface area contributed by atoms with E-state index in [0.717, 1.165) is 23.5 Å². The van der Waals surface area contributed by atoms with Gasteiger partial charge in [-0.05, 0) is 41.9 Å². The predicted molar refractivity (Wildman–Crippen MR) is 80.9 cm³/mol. The van der Waals surface area contributed by atoms with Crippen molar-refractivity contribution in [2.45, 2.75) is 37.4 Å². The Morgan fingerprint density at radius 3 is 2.81 bits per heavy atom. The molecule has 21 heavy (non-hydrogen) atoms. The SMILES string of the molecule is Cc1nnc(Sc2ccc(CNCC(C)C)cc2C#N)o1. The highest BCUT2D eigenvalue weighted by Crippen LogP contribution is 2.29. The Bertz CT molecular complexity index is 645. The summed E-state index contributed by atoms with van der Waals surface area (Å²) in [6.45, 7) is 7.79. The Hall–Kier alpha value is -1.84. The molecule has 0 unspecified atom stereocenters. The highest BCUT2D eigenvalue weighted by atomic mass is 32.2. The molecule has 0 aliphatic carbocycles. The summed E-state index contributed by atoms with van der Waals surface area (Å²) in [5, 5.41) is 20.8. The number of nitrogens with zero attached hydrogens (tertiary/aromatic N) is 3. The molecule has 1 heterocycles. The van der Waals surface area contributed by atoms with E-state index in [0.29, 0.717) is 22.6 Å². The molecular weight excluding hydrogens is 284 g/mol. The molecule has 6 heteroatoms. The molecule has 0 aliphatic rings. The van der Waals surface area contributed by atoms with Gasteiger partial charge in [-0.25, -0.2) is 0 Å². The standard InChI is InChI=1S/C15H18N4OS/c1-10(2)8-17-9-12-4-5-14(13(6-12)7-16)21-15-19-18-11(3)20-15/h4-6,10,17H,8-9H2,1-3H3. The molecule has 0 atom stereocenters. The van der Waals surface area contributed by atoms with Crippen LogP contribution in [0.3, 0.4) is 0 Å². The van der Waals surface area contributed by atoms with Crippen molar-refractivity contribution in [3.05, 3.63) is 35.2 Å². The van der Waals surface area contributed by atoms with Crippen molar-refractivity contribution in [1.82, 2.24) is 15.5 Å². The summed E-state index contributed by atoms with van der Waals surface area (Å²) < 4.78 is 5.33. The second kappa shape index (κ2) is 7.25. The lowest BCUT2D eigenvalue weighted by molar-refractivity contribution is 0.429. The average Bonchev–Trinajstić information content (AvgIpc) is 2.85. The van der Waals surface area contributed by atoms with Gasteiger partial charge in [0.15, 0.2) is 0 Å². The van der Waals surface area contributed by atoms with Gasteiger partial charge in [-0.15, -0.1) is 10.2 Å². The van der Waals surface area contributed by atoms with Gasteiger partial charge in [0.1, 0.15) is 6.07 Å². The van der Waals surface area contributed by atoms with Crippen LogP contribution in [0.4, 0.5) is 0 Å². The maximum atomic E-state index is 9.29. The summed E-state index contributed by atoms with van der Waals surface area (Å²) in [4.78, 5) is 0.828. The van der Waals surface area contributed by atoms with Crippen LogP contribution < -0.4 is 5.32 Å². The summed E-state index contributed by atoms with van der Waals surface area (Å²) in [5.41, 5.74) is 1.72. The normalized spacial score (nSPS) is 10.8. The Balaban J connectivity index is 2.07. The van der Waals surface area contributed by atoms with Gasteiger partial charge in [0, 0.05) is 18.4 Å². The molecule has 0 fully saturated rings. The topological polar surface area (TPSA) is 74.7 Å². The third-order valence-corrected chi connectivity index (χ3v) is 3.67. The van der Waals surface area contributed by atoms with Crippen molar-refractivity contribution in [3.63, 3.8) is 0 Å². The van der Waals surface area contributed by atoms with Crippen molar-refractivity contribution >= 4 is 11.8 Å². The lowest BCUT2D eigenvalue weighted by Gasteiger charge is -2.08. The van der Waals surface area contributed by atoms with Gasteiger partial charge >= 0.3 is 0 Å². The van der Waals surface area contributed by atoms with E-state index in [1.165, 1.54) is 11.8 Å². The monoisotopic (exact) mass is 302 g/mol. The zero-order valence-electron chi connectivity index (χ0n) is 12.4. The molecule has 1 aromatic heterocycles. The van der Waals surface area contributed by atoms with E-state index in [1.807, 2.05) is 18.2 Å². The minimum atomic E-state index is 0.453. The van der Waals surface area contributed by atoms with Crippen LogP contribution >= 0.6 is 11.8 Å². The van der Waals surface area contributed by atoms with Gasteiger partial charge in [-0.1, -0.05) is 19.9 Å².